The number of aromatic hydroxyl groups is 1. The van der Waals surface area contributed by atoms with E-state index < -0.39 is 47.9 Å². The first-order valence-corrected chi connectivity index (χ1v) is 15.9. The van der Waals surface area contributed by atoms with Crippen LogP contribution in [0.1, 0.15) is 64.6 Å². The number of amides is 3. The van der Waals surface area contributed by atoms with Gasteiger partial charge in [-0.1, -0.05) is 67.4 Å². The Labute approximate surface area is 274 Å². The lowest BCUT2D eigenvalue weighted by atomic mass is 9.96. The molecule has 0 bridgehead atoms. The highest BCUT2D eigenvalue weighted by atomic mass is 35.5. The quantitative estimate of drug-likeness (QED) is 0.227. The van der Waals surface area contributed by atoms with Gasteiger partial charge in [0.05, 0.1) is 12.5 Å². The number of esters is 1. The number of aromatic amines is 1. The van der Waals surface area contributed by atoms with Crippen molar-refractivity contribution >= 4 is 46.2 Å². The van der Waals surface area contributed by atoms with E-state index in [-0.39, 0.29) is 30.4 Å². The number of nitrogens with zero attached hydrogens (tertiary/aromatic N) is 1. The van der Waals surface area contributed by atoms with Crippen molar-refractivity contribution in [3.05, 3.63) is 76.5 Å². The molecule has 3 aromatic rings. The second kappa shape index (κ2) is 14.9. The van der Waals surface area contributed by atoms with Gasteiger partial charge in [-0.05, 0) is 56.5 Å². The van der Waals surface area contributed by atoms with Gasteiger partial charge in [0.25, 0.3) is 0 Å². The predicted molar refractivity (Wildman–Crippen MR) is 177 cm³/mol. The smallest absolute Gasteiger partial charge is 0.308 e. The van der Waals surface area contributed by atoms with E-state index in [0.717, 1.165) is 16.5 Å². The molecule has 246 valence electrons. The summed E-state index contributed by atoms with van der Waals surface area (Å²) in [5.41, 5.74) is 2.96. The van der Waals surface area contributed by atoms with E-state index in [1.807, 2.05) is 44.2 Å². The molecule has 0 aliphatic carbocycles. The molecular formula is C35H43ClN4O6. The van der Waals surface area contributed by atoms with E-state index in [9.17, 15) is 24.3 Å². The zero-order valence-electron chi connectivity index (χ0n) is 27.1. The lowest BCUT2D eigenvalue weighted by Gasteiger charge is -2.32. The van der Waals surface area contributed by atoms with E-state index in [1.165, 1.54) is 24.1 Å². The Balaban J connectivity index is 1.76. The van der Waals surface area contributed by atoms with Crippen molar-refractivity contribution in [1.82, 2.24) is 20.5 Å². The number of fused-ring (bicyclic) bond motifs is 1. The highest BCUT2D eigenvalue weighted by Gasteiger charge is 2.34. The SMILES string of the molecule is C/C1=C\C(C)C(C)OC(=O)CC(c2ccc(O)cc2)NC(=O)C(Cc2c(Cl)[nH]c3ccccc23)N(C)C(=O)C(C)NC(=O)C(C)C1. The van der Waals surface area contributed by atoms with Gasteiger partial charge in [-0.3, -0.25) is 19.2 Å². The van der Waals surface area contributed by atoms with Crippen molar-refractivity contribution in [2.75, 3.05) is 7.05 Å². The Hall–Kier alpha value is -4.31. The molecule has 4 N–H and O–H groups in total. The number of para-hydroxylation sites is 1. The number of halogens is 1. The maximum Gasteiger partial charge on any atom is 0.308 e. The average molecular weight is 651 g/mol. The van der Waals surface area contributed by atoms with Crippen molar-refractivity contribution < 1.29 is 29.0 Å². The number of phenolic OH excluding ortho intramolecular Hbond substituents is 1. The van der Waals surface area contributed by atoms with Crippen LogP contribution in [-0.4, -0.2) is 63.9 Å². The number of phenols is 1. The Kier molecular flexibility index (Phi) is 11.2. The van der Waals surface area contributed by atoms with Crippen molar-refractivity contribution in [2.45, 2.75) is 78.1 Å². The molecule has 1 aliphatic heterocycles. The van der Waals surface area contributed by atoms with Crippen molar-refractivity contribution in [3.63, 3.8) is 0 Å². The first kappa shape index (κ1) is 34.6. The third-order valence-corrected chi connectivity index (χ3v) is 8.99. The Morgan fingerprint density at radius 3 is 2.30 bits per heavy atom. The summed E-state index contributed by atoms with van der Waals surface area (Å²) in [5.74, 6) is -2.33. The number of carbonyl (C=O) groups is 4. The number of nitrogens with one attached hydrogen (secondary N) is 3. The molecule has 46 heavy (non-hydrogen) atoms. The second-order valence-corrected chi connectivity index (χ2v) is 12.8. The molecule has 2 aromatic carbocycles. The number of hydrogen-bond donors (Lipinski definition) is 4. The number of ether oxygens (including phenoxy) is 1. The zero-order valence-corrected chi connectivity index (χ0v) is 27.9. The molecule has 0 saturated carbocycles. The average Bonchev–Trinajstić information content (AvgIpc) is 3.32. The molecule has 0 radical (unpaired) electrons. The fraction of sp³-hybridized carbons (Fsp3) is 0.429. The normalized spacial score (nSPS) is 27.2. The fourth-order valence-corrected chi connectivity index (χ4v) is 6.11. The molecule has 2 heterocycles. The highest BCUT2D eigenvalue weighted by molar-refractivity contribution is 6.31. The largest absolute Gasteiger partial charge is 0.508 e. The van der Waals surface area contributed by atoms with Gasteiger partial charge in [-0.15, -0.1) is 0 Å². The van der Waals surface area contributed by atoms with Crippen LogP contribution in [0.4, 0.5) is 0 Å². The molecule has 0 spiro atoms. The van der Waals surface area contributed by atoms with Gasteiger partial charge in [0.15, 0.2) is 0 Å². The maximum atomic E-state index is 14.2. The minimum atomic E-state index is -1.07. The molecule has 4 rings (SSSR count). The number of hydrogen-bond acceptors (Lipinski definition) is 6. The molecule has 10 nitrogen and oxygen atoms in total. The van der Waals surface area contributed by atoms with E-state index >= 15 is 0 Å². The topological polar surface area (TPSA) is 141 Å². The lowest BCUT2D eigenvalue weighted by Crippen LogP contribution is -2.55. The lowest BCUT2D eigenvalue weighted by molar-refractivity contribution is -0.150. The van der Waals surface area contributed by atoms with Gasteiger partial charge in [-0.2, -0.15) is 0 Å². The number of rotatable bonds is 3. The summed E-state index contributed by atoms with van der Waals surface area (Å²) in [5, 5.41) is 16.8. The van der Waals surface area contributed by atoms with Crippen molar-refractivity contribution in [2.24, 2.45) is 11.8 Å². The molecule has 11 heteroatoms. The van der Waals surface area contributed by atoms with Crippen LogP contribution in [0.5, 0.6) is 5.75 Å². The zero-order chi connectivity index (χ0) is 33.7. The molecule has 1 aliphatic rings. The Morgan fingerprint density at radius 2 is 1.61 bits per heavy atom. The summed E-state index contributed by atoms with van der Waals surface area (Å²) >= 11 is 6.62. The number of carbonyl (C=O) groups excluding carboxylic acids is 4. The van der Waals surface area contributed by atoms with Crippen LogP contribution in [-0.2, 0) is 30.3 Å². The van der Waals surface area contributed by atoms with E-state index in [4.69, 9.17) is 16.3 Å². The maximum absolute atomic E-state index is 14.2. The molecule has 3 amide bonds. The Morgan fingerprint density at radius 1 is 0.935 bits per heavy atom. The summed E-state index contributed by atoms with van der Waals surface area (Å²) in [6.07, 6.45) is 1.84. The van der Waals surface area contributed by atoms with E-state index in [2.05, 4.69) is 15.6 Å². The monoisotopic (exact) mass is 650 g/mol. The highest BCUT2D eigenvalue weighted by Crippen LogP contribution is 2.29. The molecule has 0 saturated heterocycles. The number of likely N-dealkylation sites (N-methyl/N-ethyl adjacent to an activating group) is 1. The van der Waals surface area contributed by atoms with Gasteiger partial charge in [0, 0.05) is 36.2 Å². The van der Waals surface area contributed by atoms with Crippen LogP contribution < -0.4 is 10.6 Å². The van der Waals surface area contributed by atoms with Crippen LogP contribution in [0.3, 0.4) is 0 Å². The molecule has 1 aromatic heterocycles. The second-order valence-electron chi connectivity index (χ2n) is 12.4. The predicted octanol–water partition coefficient (Wildman–Crippen LogP) is 5.20. The van der Waals surface area contributed by atoms with Crippen LogP contribution >= 0.6 is 11.6 Å². The molecule has 6 atom stereocenters. The molecule has 6 unspecified atom stereocenters. The minimum absolute atomic E-state index is 0.0324. The van der Waals surface area contributed by atoms with Gasteiger partial charge in [0.1, 0.15) is 29.1 Å². The van der Waals surface area contributed by atoms with Crippen molar-refractivity contribution in [1.29, 1.82) is 0 Å². The van der Waals surface area contributed by atoms with Gasteiger partial charge < -0.3 is 30.4 Å². The van der Waals surface area contributed by atoms with Crippen molar-refractivity contribution in [3.8, 4) is 5.75 Å². The number of H-pyrrole nitrogens is 1. The summed E-state index contributed by atoms with van der Waals surface area (Å²) in [7, 11) is 1.51. The standard InChI is InChI=1S/C35H43ClN4O6/c1-19-15-20(2)23(5)46-31(42)18-29(24-11-13-25(41)14-12-24)39-34(44)30(17-27-26-9-7-8-10-28(26)38-32(27)36)40(6)35(45)22(4)37-33(43)21(3)16-19/h7-15,20-23,29-30,38,41H,16-18H2,1-6H3,(H,37,43)(H,39,44)/b19-15+. The van der Waals surface area contributed by atoms with Gasteiger partial charge in [0.2, 0.25) is 17.7 Å². The fourth-order valence-electron chi connectivity index (χ4n) is 5.83. The number of cyclic esters (lactones) is 1. The summed E-state index contributed by atoms with van der Waals surface area (Å²) in [6.45, 7) is 9.04. The number of aromatic nitrogens is 1. The number of benzene rings is 2. The summed E-state index contributed by atoms with van der Waals surface area (Å²) in [6, 6.07) is 10.8. The first-order chi connectivity index (χ1) is 21.7. The van der Waals surface area contributed by atoms with Crippen LogP contribution in [0, 0.1) is 11.8 Å². The van der Waals surface area contributed by atoms with Crippen LogP contribution in [0.25, 0.3) is 10.9 Å². The molecular weight excluding hydrogens is 608 g/mol. The first-order valence-electron chi connectivity index (χ1n) is 15.5. The van der Waals surface area contributed by atoms with Gasteiger partial charge in [-0.25, -0.2) is 0 Å². The Bertz CT molecular complexity index is 1620. The summed E-state index contributed by atoms with van der Waals surface area (Å²) in [4.78, 5) is 58.8. The third-order valence-electron chi connectivity index (χ3n) is 8.67. The summed E-state index contributed by atoms with van der Waals surface area (Å²) < 4.78 is 5.79. The van der Waals surface area contributed by atoms with Crippen LogP contribution in [0.15, 0.2) is 60.2 Å². The van der Waals surface area contributed by atoms with E-state index in [1.54, 1.807) is 32.9 Å². The third kappa shape index (κ3) is 8.28. The number of allylic oxidation sites excluding steroid dienone is 1. The van der Waals surface area contributed by atoms with E-state index in [0.29, 0.717) is 22.7 Å². The van der Waals surface area contributed by atoms with Gasteiger partial charge >= 0.3 is 5.97 Å². The molecule has 0 fully saturated rings. The minimum Gasteiger partial charge on any atom is -0.508 e. The van der Waals surface area contributed by atoms with Crippen LogP contribution in [0.2, 0.25) is 5.15 Å².